The second-order valence-corrected chi connectivity index (χ2v) is 4.35. The van der Waals surface area contributed by atoms with Crippen LogP contribution in [0, 0.1) is 11.8 Å². The minimum absolute atomic E-state index is 0.166. The molecule has 1 heterocycles. The van der Waals surface area contributed by atoms with Gasteiger partial charge in [-0.1, -0.05) is 6.42 Å². The largest absolute Gasteiger partial charge is 0.480 e. The zero-order valence-corrected chi connectivity index (χ0v) is 8.77. The fourth-order valence-corrected chi connectivity index (χ4v) is 2.97. The number of hydrogen-bond donors (Lipinski definition) is 2. The Balaban J connectivity index is 2.19. The number of carbonyl (C=O) groups is 2. The summed E-state index contributed by atoms with van der Waals surface area (Å²) in [6.07, 6.45) is 3.10. The monoisotopic (exact) mass is 212 g/mol. The highest BCUT2D eigenvalue weighted by molar-refractivity contribution is 5.83. The smallest absolute Gasteiger partial charge is 0.326 e. The first-order valence-corrected chi connectivity index (χ1v) is 5.36. The van der Waals surface area contributed by atoms with E-state index in [1.165, 1.54) is 11.9 Å². The third-order valence-electron chi connectivity index (χ3n) is 3.62. The van der Waals surface area contributed by atoms with E-state index in [0.717, 1.165) is 19.3 Å². The van der Waals surface area contributed by atoms with Crippen molar-refractivity contribution in [2.75, 3.05) is 13.6 Å². The van der Waals surface area contributed by atoms with Crippen molar-refractivity contribution in [1.82, 2.24) is 10.2 Å². The van der Waals surface area contributed by atoms with Crippen LogP contribution in [0.25, 0.3) is 0 Å². The lowest BCUT2D eigenvalue weighted by molar-refractivity contribution is -0.142. The van der Waals surface area contributed by atoms with Gasteiger partial charge in [-0.3, -0.25) is 0 Å². The Kier molecular flexibility index (Phi) is 2.54. The normalized spacial score (nSPS) is 33.9. The average Bonchev–Trinajstić information content (AvgIpc) is 2.73. The quantitative estimate of drug-likeness (QED) is 0.665. The maximum Gasteiger partial charge on any atom is 0.326 e. The Morgan fingerprint density at radius 2 is 2.13 bits per heavy atom. The number of fused-ring (bicyclic) bond motifs is 1. The molecule has 5 heteroatoms. The molecule has 2 rings (SSSR count). The van der Waals surface area contributed by atoms with Gasteiger partial charge in [0.15, 0.2) is 0 Å². The van der Waals surface area contributed by atoms with Gasteiger partial charge in [0.2, 0.25) is 0 Å². The number of nitrogens with zero attached hydrogens (tertiary/aromatic N) is 1. The van der Waals surface area contributed by atoms with Gasteiger partial charge in [-0.2, -0.15) is 0 Å². The van der Waals surface area contributed by atoms with Crippen molar-refractivity contribution < 1.29 is 14.7 Å². The van der Waals surface area contributed by atoms with Crippen LogP contribution >= 0.6 is 0 Å². The Bertz CT molecular complexity index is 292. The van der Waals surface area contributed by atoms with Crippen LogP contribution in [0.15, 0.2) is 0 Å². The Morgan fingerprint density at radius 3 is 2.73 bits per heavy atom. The van der Waals surface area contributed by atoms with Gasteiger partial charge >= 0.3 is 12.0 Å². The fourth-order valence-electron chi connectivity index (χ4n) is 2.97. The van der Waals surface area contributed by atoms with Crippen molar-refractivity contribution in [3.63, 3.8) is 0 Å². The first-order chi connectivity index (χ1) is 7.15. The summed E-state index contributed by atoms with van der Waals surface area (Å²) in [5, 5.41) is 11.7. The molecule has 2 fully saturated rings. The van der Waals surface area contributed by atoms with Gasteiger partial charge in [-0.05, 0) is 24.7 Å². The number of carboxylic acid groups (broad SMARTS) is 1. The van der Waals surface area contributed by atoms with E-state index in [0.29, 0.717) is 12.5 Å². The van der Waals surface area contributed by atoms with E-state index >= 15 is 0 Å². The summed E-state index contributed by atoms with van der Waals surface area (Å²) in [7, 11) is 1.54. The molecular formula is C10H16N2O3. The molecular weight excluding hydrogens is 196 g/mol. The fraction of sp³-hybridized carbons (Fsp3) is 0.800. The molecule has 0 bridgehead atoms. The summed E-state index contributed by atoms with van der Waals surface area (Å²) in [5.74, 6) is -0.309. The van der Waals surface area contributed by atoms with Gasteiger partial charge in [-0.15, -0.1) is 0 Å². The molecule has 0 aromatic rings. The van der Waals surface area contributed by atoms with Crippen LogP contribution in [0.1, 0.15) is 19.3 Å². The summed E-state index contributed by atoms with van der Waals surface area (Å²) in [5.41, 5.74) is 0. The molecule has 2 aliphatic rings. The van der Waals surface area contributed by atoms with Crippen molar-refractivity contribution in [3.8, 4) is 0 Å². The first kappa shape index (κ1) is 10.3. The summed E-state index contributed by atoms with van der Waals surface area (Å²) < 4.78 is 0. The standard InChI is InChI=1S/C10H16N2O3/c1-11-10(15)12-5-6-3-2-4-7(6)8(12)9(13)14/h6-8H,2-5H2,1H3,(H,11,15)(H,13,14). The second-order valence-electron chi connectivity index (χ2n) is 4.35. The predicted octanol–water partition coefficient (Wildman–Crippen LogP) is 0.511. The third-order valence-corrected chi connectivity index (χ3v) is 3.62. The van der Waals surface area contributed by atoms with Gasteiger partial charge in [-0.25, -0.2) is 9.59 Å². The zero-order valence-electron chi connectivity index (χ0n) is 8.77. The molecule has 0 aromatic heterocycles. The molecule has 0 radical (unpaired) electrons. The van der Waals surface area contributed by atoms with Crippen LogP contribution in [0.5, 0.6) is 0 Å². The maximum absolute atomic E-state index is 11.5. The number of rotatable bonds is 1. The minimum Gasteiger partial charge on any atom is -0.480 e. The molecule has 2 amide bonds. The maximum atomic E-state index is 11.5. The van der Waals surface area contributed by atoms with Gasteiger partial charge in [0.05, 0.1) is 0 Å². The number of urea groups is 1. The number of aliphatic carboxylic acids is 1. The van der Waals surface area contributed by atoms with E-state index in [2.05, 4.69) is 5.32 Å². The third kappa shape index (κ3) is 1.56. The summed E-state index contributed by atoms with van der Waals surface area (Å²) in [6.45, 7) is 0.599. The first-order valence-electron chi connectivity index (χ1n) is 5.36. The van der Waals surface area contributed by atoms with Gasteiger partial charge in [0.1, 0.15) is 6.04 Å². The average molecular weight is 212 g/mol. The molecule has 1 saturated carbocycles. The number of carboxylic acids is 1. The number of hydrogen-bond acceptors (Lipinski definition) is 2. The number of likely N-dealkylation sites (tertiary alicyclic amines) is 1. The van der Waals surface area contributed by atoms with E-state index in [-0.39, 0.29) is 11.9 Å². The molecule has 0 spiro atoms. The van der Waals surface area contributed by atoms with E-state index in [4.69, 9.17) is 5.11 Å². The van der Waals surface area contributed by atoms with Crippen molar-refractivity contribution in [2.45, 2.75) is 25.3 Å². The SMILES string of the molecule is CNC(=O)N1CC2CCCC2C1C(=O)O. The van der Waals surface area contributed by atoms with Crippen molar-refractivity contribution >= 4 is 12.0 Å². The molecule has 2 N–H and O–H groups in total. The summed E-state index contributed by atoms with van der Waals surface area (Å²) >= 11 is 0. The lowest BCUT2D eigenvalue weighted by Crippen LogP contribution is -2.46. The Labute approximate surface area is 88.4 Å². The van der Waals surface area contributed by atoms with Crippen LogP contribution in [-0.2, 0) is 4.79 Å². The van der Waals surface area contributed by atoms with Crippen molar-refractivity contribution in [2.24, 2.45) is 11.8 Å². The van der Waals surface area contributed by atoms with E-state index in [1.807, 2.05) is 0 Å². The van der Waals surface area contributed by atoms with Crippen LogP contribution in [0.4, 0.5) is 4.79 Å². The summed E-state index contributed by atoms with van der Waals surface area (Å²) in [6, 6.07) is -0.880. The molecule has 0 aromatic carbocycles. The minimum atomic E-state index is -0.868. The number of nitrogens with one attached hydrogen (secondary N) is 1. The van der Waals surface area contributed by atoms with E-state index < -0.39 is 12.0 Å². The Hall–Kier alpha value is -1.26. The van der Waals surface area contributed by atoms with Crippen LogP contribution in [0.3, 0.4) is 0 Å². The van der Waals surface area contributed by atoms with E-state index in [9.17, 15) is 9.59 Å². The van der Waals surface area contributed by atoms with Crippen molar-refractivity contribution in [1.29, 1.82) is 0 Å². The zero-order chi connectivity index (χ0) is 11.0. The highest BCUT2D eigenvalue weighted by Gasteiger charge is 2.49. The molecule has 5 nitrogen and oxygen atoms in total. The highest BCUT2D eigenvalue weighted by atomic mass is 16.4. The lowest BCUT2D eigenvalue weighted by Gasteiger charge is -2.23. The predicted molar refractivity (Wildman–Crippen MR) is 53.4 cm³/mol. The molecule has 1 saturated heterocycles. The highest BCUT2D eigenvalue weighted by Crippen LogP contribution is 2.42. The van der Waals surface area contributed by atoms with E-state index in [1.54, 1.807) is 0 Å². The van der Waals surface area contributed by atoms with Crippen LogP contribution in [-0.4, -0.2) is 41.6 Å². The van der Waals surface area contributed by atoms with Crippen LogP contribution in [0.2, 0.25) is 0 Å². The van der Waals surface area contributed by atoms with Gasteiger partial charge in [0, 0.05) is 13.6 Å². The topological polar surface area (TPSA) is 69.6 Å². The molecule has 84 valence electrons. The Morgan fingerprint density at radius 1 is 1.40 bits per heavy atom. The lowest BCUT2D eigenvalue weighted by atomic mass is 9.94. The number of amides is 2. The van der Waals surface area contributed by atoms with Crippen molar-refractivity contribution in [3.05, 3.63) is 0 Å². The molecule has 3 unspecified atom stereocenters. The van der Waals surface area contributed by atoms with Crippen LogP contribution < -0.4 is 5.32 Å². The van der Waals surface area contributed by atoms with Gasteiger partial charge < -0.3 is 15.3 Å². The molecule has 1 aliphatic carbocycles. The summed E-state index contributed by atoms with van der Waals surface area (Å²) in [4.78, 5) is 24.1. The second kappa shape index (κ2) is 3.72. The number of carbonyl (C=O) groups excluding carboxylic acids is 1. The molecule has 15 heavy (non-hydrogen) atoms. The van der Waals surface area contributed by atoms with Gasteiger partial charge in [0.25, 0.3) is 0 Å². The molecule has 1 aliphatic heterocycles. The molecule has 3 atom stereocenters.